The summed E-state index contributed by atoms with van der Waals surface area (Å²) in [7, 11) is 0. The summed E-state index contributed by atoms with van der Waals surface area (Å²) in [5.74, 6) is -9.93. The summed E-state index contributed by atoms with van der Waals surface area (Å²) in [4.78, 5) is 61.8. The van der Waals surface area contributed by atoms with Crippen LogP contribution < -0.4 is 0 Å². The molecule has 0 aliphatic carbocycles. The summed E-state index contributed by atoms with van der Waals surface area (Å²) in [5, 5.41) is 42.1. The van der Waals surface area contributed by atoms with E-state index in [9.17, 15) is 44.4 Å². The first-order chi connectivity index (χ1) is 12.2. The number of amides is 2. The Hall–Kier alpha value is -2.05. The molecule has 1 unspecified atom stereocenters. The zero-order valence-electron chi connectivity index (χ0n) is 15.5. The van der Waals surface area contributed by atoms with E-state index in [1.54, 1.807) is 0 Å². The summed E-state index contributed by atoms with van der Waals surface area (Å²) >= 11 is 0. The van der Waals surface area contributed by atoms with Crippen molar-refractivity contribution in [1.29, 1.82) is 0 Å². The molecule has 0 aromatic heterocycles. The Morgan fingerprint density at radius 2 is 1.33 bits per heavy atom. The highest BCUT2D eigenvalue weighted by atomic mass is 16.7. The number of nitrogens with zero attached hydrogens (tertiary/aromatic N) is 1. The van der Waals surface area contributed by atoms with E-state index in [1.807, 2.05) is 0 Å². The standard InChI is InChI=1S/C16H23NO10/c1-7(19)14(25)13(24)12(6-18)27-16(26,9(3)21)15(14,8(2)20)17(10(4)22)11(5)23/h12-13,18,24-26H,6H2,1-5H3/t12-,13+,14+,15-,16?/m1/s1. The van der Waals surface area contributed by atoms with Gasteiger partial charge in [-0.1, -0.05) is 0 Å². The minimum Gasteiger partial charge on any atom is -0.394 e. The first-order valence-electron chi connectivity index (χ1n) is 7.93. The van der Waals surface area contributed by atoms with Crippen LogP contribution in [0.3, 0.4) is 0 Å². The second-order valence-electron chi connectivity index (χ2n) is 6.45. The van der Waals surface area contributed by atoms with Crippen molar-refractivity contribution >= 4 is 29.2 Å². The molecule has 11 heteroatoms. The molecule has 0 aromatic rings. The van der Waals surface area contributed by atoms with E-state index >= 15 is 0 Å². The van der Waals surface area contributed by atoms with Crippen LogP contribution in [0.25, 0.3) is 0 Å². The number of rotatable bonds is 5. The number of hydrogen-bond donors (Lipinski definition) is 4. The molecule has 152 valence electrons. The molecule has 0 aromatic carbocycles. The van der Waals surface area contributed by atoms with Crippen molar-refractivity contribution < 1.29 is 49.1 Å². The van der Waals surface area contributed by atoms with Crippen LogP contribution in [0.2, 0.25) is 0 Å². The smallest absolute Gasteiger partial charge is 0.262 e. The predicted molar refractivity (Wildman–Crippen MR) is 85.8 cm³/mol. The number of Topliss-reactive ketones (excluding diaryl/α,β-unsaturated/α-hetero) is 3. The Labute approximate surface area is 154 Å². The lowest BCUT2D eigenvalue weighted by Crippen LogP contribution is -2.90. The molecule has 1 saturated heterocycles. The second kappa shape index (κ2) is 7.17. The summed E-state index contributed by atoms with van der Waals surface area (Å²) in [5.41, 5.74) is -6.69. The lowest BCUT2D eigenvalue weighted by atomic mass is 9.61. The highest BCUT2D eigenvalue weighted by Crippen LogP contribution is 2.49. The summed E-state index contributed by atoms with van der Waals surface area (Å²) in [6.45, 7) is 2.66. The molecule has 4 N–H and O–H groups in total. The molecule has 0 bridgehead atoms. The van der Waals surface area contributed by atoms with Gasteiger partial charge in [-0.05, 0) is 13.8 Å². The van der Waals surface area contributed by atoms with Gasteiger partial charge in [0.25, 0.3) is 5.79 Å². The number of aliphatic hydroxyl groups is 4. The molecule has 0 saturated carbocycles. The quantitative estimate of drug-likeness (QED) is 0.380. The van der Waals surface area contributed by atoms with Crippen LogP contribution in [-0.4, -0.2) is 90.2 Å². The minimum absolute atomic E-state index is 0.0228. The van der Waals surface area contributed by atoms with Crippen molar-refractivity contribution in [2.24, 2.45) is 0 Å². The van der Waals surface area contributed by atoms with Gasteiger partial charge in [0.1, 0.15) is 12.2 Å². The third-order valence-electron chi connectivity index (χ3n) is 4.81. The average molecular weight is 389 g/mol. The molecule has 0 radical (unpaired) electrons. The van der Waals surface area contributed by atoms with Gasteiger partial charge in [0.15, 0.2) is 23.0 Å². The van der Waals surface area contributed by atoms with Crippen molar-refractivity contribution in [3.05, 3.63) is 0 Å². The first kappa shape index (κ1) is 23.0. The van der Waals surface area contributed by atoms with Crippen LogP contribution in [0.15, 0.2) is 0 Å². The normalized spacial score (nSPS) is 36.0. The minimum atomic E-state index is -3.43. The van der Waals surface area contributed by atoms with E-state index < -0.39 is 64.9 Å². The van der Waals surface area contributed by atoms with Gasteiger partial charge in [-0.15, -0.1) is 0 Å². The van der Waals surface area contributed by atoms with E-state index in [2.05, 4.69) is 0 Å². The molecule has 27 heavy (non-hydrogen) atoms. The maximum absolute atomic E-state index is 12.7. The first-order valence-corrected chi connectivity index (χ1v) is 7.93. The van der Waals surface area contributed by atoms with Gasteiger partial charge < -0.3 is 25.2 Å². The SMILES string of the molecule is CC(=O)N(C(C)=O)[C@@]1(C(C)=O)C(O)(C(C)=O)O[C@H](CO)[C@H](O)[C@@]1(O)C(C)=O. The number of carbonyl (C=O) groups excluding carboxylic acids is 5. The third kappa shape index (κ3) is 2.74. The fourth-order valence-electron chi connectivity index (χ4n) is 3.73. The summed E-state index contributed by atoms with van der Waals surface area (Å²) < 4.78 is 5.03. The van der Waals surface area contributed by atoms with E-state index in [1.165, 1.54) is 0 Å². The second-order valence-corrected chi connectivity index (χ2v) is 6.45. The van der Waals surface area contributed by atoms with E-state index in [0.29, 0.717) is 6.92 Å². The van der Waals surface area contributed by atoms with Crippen LogP contribution in [0.1, 0.15) is 34.6 Å². The number of aliphatic hydroxyl groups excluding tert-OH is 2. The molecule has 5 atom stereocenters. The third-order valence-corrected chi connectivity index (χ3v) is 4.81. The molecule has 0 spiro atoms. The van der Waals surface area contributed by atoms with Crippen molar-refractivity contribution in [1.82, 2.24) is 4.90 Å². The molecular formula is C16H23NO10. The molecular weight excluding hydrogens is 366 g/mol. The van der Waals surface area contributed by atoms with Crippen LogP contribution in [0.5, 0.6) is 0 Å². The average Bonchev–Trinajstić information content (AvgIpc) is 2.53. The number of hydrogen-bond acceptors (Lipinski definition) is 10. The Bertz CT molecular complexity index is 691. The lowest BCUT2D eigenvalue weighted by Gasteiger charge is -2.60. The fraction of sp³-hybridized carbons (Fsp3) is 0.688. The maximum atomic E-state index is 12.7. The van der Waals surface area contributed by atoms with Crippen molar-refractivity contribution in [2.45, 2.75) is 63.8 Å². The van der Waals surface area contributed by atoms with Crippen molar-refractivity contribution in [3.8, 4) is 0 Å². The highest BCUT2D eigenvalue weighted by Gasteiger charge is 2.81. The Morgan fingerprint density at radius 1 is 0.889 bits per heavy atom. The summed E-state index contributed by atoms with van der Waals surface area (Å²) in [6, 6.07) is 0. The largest absolute Gasteiger partial charge is 0.394 e. The van der Waals surface area contributed by atoms with E-state index in [-0.39, 0.29) is 4.90 Å². The van der Waals surface area contributed by atoms with Gasteiger partial charge >= 0.3 is 0 Å². The van der Waals surface area contributed by atoms with Gasteiger partial charge in [-0.2, -0.15) is 0 Å². The Morgan fingerprint density at radius 3 is 1.59 bits per heavy atom. The number of carbonyl (C=O) groups is 5. The fourth-order valence-corrected chi connectivity index (χ4v) is 3.73. The Kier molecular flexibility index (Phi) is 6.10. The van der Waals surface area contributed by atoms with Crippen LogP contribution in [0.4, 0.5) is 0 Å². The van der Waals surface area contributed by atoms with E-state index in [0.717, 1.165) is 27.7 Å². The van der Waals surface area contributed by atoms with Crippen LogP contribution >= 0.6 is 0 Å². The van der Waals surface area contributed by atoms with Gasteiger partial charge in [-0.25, -0.2) is 0 Å². The zero-order chi connectivity index (χ0) is 21.5. The molecule has 2 amide bonds. The zero-order valence-corrected chi connectivity index (χ0v) is 15.5. The molecule has 1 fully saturated rings. The number of imide groups is 1. The van der Waals surface area contributed by atoms with Crippen LogP contribution in [-0.2, 0) is 28.7 Å². The van der Waals surface area contributed by atoms with Gasteiger partial charge in [0.2, 0.25) is 17.4 Å². The lowest BCUT2D eigenvalue weighted by molar-refractivity contribution is -0.351. The number of ketones is 3. The highest BCUT2D eigenvalue weighted by molar-refractivity contribution is 6.11. The number of ether oxygens (including phenoxy) is 1. The molecule has 1 aliphatic heterocycles. The van der Waals surface area contributed by atoms with Gasteiger partial charge in [-0.3, -0.25) is 28.9 Å². The Balaban J connectivity index is 4.24. The molecule has 1 heterocycles. The monoisotopic (exact) mass is 389 g/mol. The van der Waals surface area contributed by atoms with Crippen LogP contribution in [0, 0.1) is 0 Å². The predicted octanol–water partition coefficient (Wildman–Crippen LogP) is -2.94. The molecule has 11 nitrogen and oxygen atoms in total. The topological polar surface area (TPSA) is 179 Å². The molecule has 1 aliphatic rings. The van der Waals surface area contributed by atoms with E-state index in [4.69, 9.17) is 4.74 Å². The van der Waals surface area contributed by atoms with Crippen molar-refractivity contribution in [2.75, 3.05) is 6.61 Å². The summed E-state index contributed by atoms with van der Waals surface area (Å²) in [6.07, 6.45) is -4.26. The molecule has 1 rings (SSSR count). The van der Waals surface area contributed by atoms with Crippen molar-refractivity contribution in [3.63, 3.8) is 0 Å². The van der Waals surface area contributed by atoms with Gasteiger partial charge in [0.05, 0.1) is 6.61 Å². The maximum Gasteiger partial charge on any atom is 0.262 e. The van der Waals surface area contributed by atoms with Gasteiger partial charge in [0, 0.05) is 20.8 Å².